The first kappa shape index (κ1) is 41.0. The molecule has 0 saturated carbocycles. The fourth-order valence-corrected chi connectivity index (χ4v) is 10.7. The van der Waals surface area contributed by atoms with E-state index < -0.39 is 0 Å². The number of para-hydroxylation sites is 1. The Hall–Kier alpha value is -9.24. The van der Waals surface area contributed by atoms with Crippen LogP contribution >= 0.6 is 0 Å². The third-order valence-electron chi connectivity index (χ3n) is 14.0. The Bertz CT molecular complexity index is 3840. The van der Waals surface area contributed by atoms with Gasteiger partial charge >= 0.3 is 0 Å². The molecular weight excluding hydrogens is 845 g/mol. The van der Waals surface area contributed by atoms with E-state index in [4.69, 9.17) is 0 Å². The van der Waals surface area contributed by atoms with E-state index in [1.54, 1.807) is 0 Å². The molecule has 2 nitrogen and oxygen atoms in total. The molecule has 0 amide bonds. The number of rotatable bonds is 9. The lowest BCUT2D eigenvalue weighted by Gasteiger charge is -2.26. The predicted octanol–water partition coefficient (Wildman–Crippen LogP) is 18.9. The van der Waals surface area contributed by atoms with Gasteiger partial charge in [0.15, 0.2) is 0 Å². The molecule has 2 heteroatoms. The molecule has 1 heterocycles. The van der Waals surface area contributed by atoms with Gasteiger partial charge in [0.25, 0.3) is 0 Å². The molecule has 0 aliphatic carbocycles. The molecule has 0 aliphatic heterocycles. The van der Waals surface area contributed by atoms with Gasteiger partial charge in [0.2, 0.25) is 0 Å². The second kappa shape index (κ2) is 17.4. The lowest BCUT2D eigenvalue weighted by molar-refractivity contribution is 1.17. The number of anilines is 3. The van der Waals surface area contributed by atoms with Gasteiger partial charge in [-0.05, 0) is 150 Å². The van der Waals surface area contributed by atoms with E-state index in [1.807, 2.05) is 0 Å². The fourth-order valence-electron chi connectivity index (χ4n) is 10.7. The highest BCUT2D eigenvalue weighted by molar-refractivity contribution is 6.21. The summed E-state index contributed by atoms with van der Waals surface area (Å²) >= 11 is 0. The largest absolute Gasteiger partial charge is 0.311 e. The molecular formula is C68H46N2. The van der Waals surface area contributed by atoms with Crippen LogP contribution in [0.5, 0.6) is 0 Å². The standard InChI is InChI=1S/C68H46N2/c1-5-17-47(18-6-1)53-35-43-65-63(45-53)64-46-54(48-19-7-2-8-20-48)36-44-66(64)70(65)58-41-39-57(40-42-58)69(55-23-11-4-12-24-55)56-37-33-50(34-38-56)49-29-31-52(32-30-49)68-61-27-15-13-25-59(61)67(51-21-9-3-10-22-51)60-26-14-16-28-62(60)68/h1-46H. The average molecular weight is 891 g/mol. The molecule has 0 unspecified atom stereocenters. The Morgan fingerprint density at radius 3 is 0.957 bits per heavy atom. The minimum atomic E-state index is 1.09. The minimum Gasteiger partial charge on any atom is -0.311 e. The molecule has 0 fully saturated rings. The van der Waals surface area contributed by atoms with Gasteiger partial charge < -0.3 is 9.47 Å². The second-order valence-corrected chi connectivity index (χ2v) is 18.1. The van der Waals surface area contributed by atoms with Gasteiger partial charge in [-0.2, -0.15) is 0 Å². The highest BCUT2D eigenvalue weighted by Crippen LogP contribution is 2.45. The van der Waals surface area contributed by atoms with Crippen LogP contribution in [0, 0.1) is 0 Å². The maximum absolute atomic E-state index is 2.41. The van der Waals surface area contributed by atoms with Gasteiger partial charge in [0.05, 0.1) is 11.0 Å². The molecule has 13 rings (SSSR count). The van der Waals surface area contributed by atoms with Crippen molar-refractivity contribution in [3.05, 3.63) is 279 Å². The first-order valence-electron chi connectivity index (χ1n) is 24.1. The van der Waals surface area contributed by atoms with Crippen LogP contribution in [-0.4, -0.2) is 4.57 Å². The fraction of sp³-hybridized carbons (Fsp3) is 0. The van der Waals surface area contributed by atoms with E-state index >= 15 is 0 Å². The van der Waals surface area contributed by atoms with Crippen molar-refractivity contribution < 1.29 is 0 Å². The zero-order chi connectivity index (χ0) is 46.4. The summed E-state index contributed by atoms with van der Waals surface area (Å²) in [5, 5.41) is 7.52. The second-order valence-electron chi connectivity index (χ2n) is 18.1. The van der Waals surface area contributed by atoms with Crippen molar-refractivity contribution in [3.63, 3.8) is 0 Å². The van der Waals surface area contributed by atoms with Crippen LogP contribution in [0.2, 0.25) is 0 Å². The molecule has 0 aliphatic rings. The van der Waals surface area contributed by atoms with Crippen molar-refractivity contribution in [1.82, 2.24) is 4.57 Å². The van der Waals surface area contributed by atoms with Crippen molar-refractivity contribution >= 4 is 60.4 Å². The third-order valence-corrected chi connectivity index (χ3v) is 14.0. The molecule has 1 aromatic heterocycles. The van der Waals surface area contributed by atoms with E-state index in [1.165, 1.54) is 99.0 Å². The third kappa shape index (κ3) is 7.22. The van der Waals surface area contributed by atoms with Crippen LogP contribution in [0.25, 0.3) is 105 Å². The summed E-state index contributed by atoms with van der Waals surface area (Å²) in [5.74, 6) is 0. The Morgan fingerprint density at radius 1 is 0.214 bits per heavy atom. The lowest BCUT2D eigenvalue weighted by Crippen LogP contribution is -2.10. The number of benzene rings is 12. The van der Waals surface area contributed by atoms with Gasteiger partial charge in [-0.3, -0.25) is 0 Å². The number of fused-ring (bicyclic) bond motifs is 5. The summed E-state index contributed by atoms with van der Waals surface area (Å²) < 4.78 is 2.41. The van der Waals surface area contributed by atoms with Gasteiger partial charge in [-0.1, -0.05) is 206 Å². The topological polar surface area (TPSA) is 8.17 Å². The van der Waals surface area contributed by atoms with E-state index in [0.29, 0.717) is 0 Å². The molecule has 0 radical (unpaired) electrons. The van der Waals surface area contributed by atoms with Crippen molar-refractivity contribution in [2.45, 2.75) is 0 Å². The van der Waals surface area contributed by atoms with E-state index in [-0.39, 0.29) is 0 Å². The summed E-state index contributed by atoms with van der Waals surface area (Å²) in [5.41, 5.74) is 18.9. The van der Waals surface area contributed by atoms with Crippen LogP contribution in [0.3, 0.4) is 0 Å². The molecule has 13 aromatic rings. The minimum absolute atomic E-state index is 1.09. The average Bonchev–Trinajstić information content (AvgIpc) is 3.77. The summed E-state index contributed by atoms with van der Waals surface area (Å²) in [6.45, 7) is 0. The zero-order valence-electron chi connectivity index (χ0n) is 38.5. The summed E-state index contributed by atoms with van der Waals surface area (Å²) in [6.07, 6.45) is 0. The molecule has 12 aromatic carbocycles. The summed E-state index contributed by atoms with van der Waals surface area (Å²) in [4.78, 5) is 2.34. The smallest absolute Gasteiger partial charge is 0.0541 e. The lowest BCUT2D eigenvalue weighted by atomic mass is 9.86. The Labute approximate surface area is 408 Å². The summed E-state index contributed by atoms with van der Waals surface area (Å²) in [6, 6.07) is 101. The van der Waals surface area contributed by atoms with E-state index in [9.17, 15) is 0 Å². The Kier molecular flexibility index (Phi) is 10.2. The maximum Gasteiger partial charge on any atom is 0.0541 e. The highest BCUT2D eigenvalue weighted by atomic mass is 15.1. The zero-order valence-corrected chi connectivity index (χ0v) is 38.5. The van der Waals surface area contributed by atoms with Crippen molar-refractivity contribution in [2.75, 3.05) is 4.90 Å². The van der Waals surface area contributed by atoms with Crippen molar-refractivity contribution in [1.29, 1.82) is 0 Å². The monoisotopic (exact) mass is 890 g/mol. The van der Waals surface area contributed by atoms with Gasteiger partial charge in [0, 0.05) is 33.5 Å². The SMILES string of the molecule is c1ccc(-c2ccc3c(c2)c2cc(-c4ccccc4)ccc2n3-c2ccc(N(c3ccccc3)c3ccc(-c4ccc(-c5c6ccccc6c(-c6ccccc6)c6ccccc56)cc4)cc3)cc2)cc1. The molecule has 70 heavy (non-hydrogen) atoms. The van der Waals surface area contributed by atoms with Crippen molar-refractivity contribution in [2.24, 2.45) is 0 Å². The van der Waals surface area contributed by atoms with Crippen LogP contribution in [0.4, 0.5) is 17.1 Å². The Morgan fingerprint density at radius 2 is 0.514 bits per heavy atom. The highest BCUT2D eigenvalue weighted by Gasteiger charge is 2.19. The molecule has 0 atom stereocenters. The Balaban J connectivity index is 0.850. The van der Waals surface area contributed by atoms with Gasteiger partial charge in [0.1, 0.15) is 0 Å². The van der Waals surface area contributed by atoms with Crippen LogP contribution in [-0.2, 0) is 0 Å². The van der Waals surface area contributed by atoms with Crippen LogP contribution < -0.4 is 4.90 Å². The number of hydrogen-bond acceptors (Lipinski definition) is 1. The number of hydrogen-bond donors (Lipinski definition) is 0. The number of nitrogens with zero attached hydrogens (tertiary/aromatic N) is 2. The van der Waals surface area contributed by atoms with E-state index in [0.717, 1.165) is 22.7 Å². The molecule has 0 bridgehead atoms. The molecule has 328 valence electrons. The van der Waals surface area contributed by atoms with Gasteiger partial charge in [-0.25, -0.2) is 0 Å². The van der Waals surface area contributed by atoms with Gasteiger partial charge in [-0.15, -0.1) is 0 Å². The summed E-state index contributed by atoms with van der Waals surface area (Å²) in [7, 11) is 0. The molecule has 0 spiro atoms. The quantitative estimate of drug-likeness (QED) is 0.131. The van der Waals surface area contributed by atoms with Crippen LogP contribution in [0.15, 0.2) is 279 Å². The predicted molar refractivity (Wildman–Crippen MR) is 298 cm³/mol. The molecule has 0 N–H and O–H groups in total. The first-order valence-corrected chi connectivity index (χ1v) is 24.1. The van der Waals surface area contributed by atoms with E-state index in [2.05, 4.69) is 289 Å². The van der Waals surface area contributed by atoms with Crippen LogP contribution in [0.1, 0.15) is 0 Å². The number of aromatic nitrogens is 1. The normalized spacial score (nSPS) is 11.4. The molecule has 0 saturated heterocycles. The van der Waals surface area contributed by atoms with Crippen molar-refractivity contribution in [3.8, 4) is 61.3 Å². The maximum atomic E-state index is 2.41. The first-order chi connectivity index (χ1) is 34.7.